The number of pyridine rings is 1. The van der Waals surface area contributed by atoms with Gasteiger partial charge in [0.15, 0.2) is 11.6 Å². The molecule has 17 heavy (non-hydrogen) atoms. The Morgan fingerprint density at radius 2 is 2.24 bits per heavy atom. The Bertz CT molecular complexity index is 428. The minimum Gasteiger partial charge on any atom is -0.486 e. The van der Waals surface area contributed by atoms with Crippen LogP contribution in [0.4, 0.5) is 5.82 Å². The van der Waals surface area contributed by atoms with E-state index in [0.717, 1.165) is 12.8 Å². The van der Waals surface area contributed by atoms with Crippen molar-refractivity contribution < 1.29 is 9.53 Å². The highest BCUT2D eigenvalue weighted by Crippen LogP contribution is 2.33. The maximum atomic E-state index is 12.0. The number of hydrogen-bond donors (Lipinski definition) is 1. The molecule has 0 unspecified atom stereocenters. The molecular formula is C12H17N3O2. The Kier molecular flexibility index (Phi) is 3.17. The number of amides is 1. The molecule has 1 aliphatic carbocycles. The minimum atomic E-state index is -0.0699. The van der Waals surface area contributed by atoms with Crippen LogP contribution in [0.25, 0.3) is 0 Å². The van der Waals surface area contributed by atoms with Crippen molar-refractivity contribution in [2.75, 3.05) is 26.5 Å². The van der Waals surface area contributed by atoms with Crippen LogP contribution in [0.5, 0.6) is 5.75 Å². The number of aromatic nitrogens is 1. The van der Waals surface area contributed by atoms with Gasteiger partial charge in [-0.25, -0.2) is 4.98 Å². The van der Waals surface area contributed by atoms with E-state index in [9.17, 15) is 4.79 Å². The molecule has 0 bridgehead atoms. The van der Waals surface area contributed by atoms with E-state index >= 15 is 0 Å². The molecule has 2 rings (SSSR count). The SMILES string of the molecule is CNc1nccc(C(=O)N(C)C)c1OC1CC1. The van der Waals surface area contributed by atoms with Crippen LogP contribution in [0, 0.1) is 0 Å². The monoisotopic (exact) mass is 235 g/mol. The fourth-order valence-electron chi connectivity index (χ4n) is 1.51. The largest absolute Gasteiger partial charge is 0.486 e. The van der Waals surface area contributed by atoms with Gasteiger partial charge in [0.2, 0.25) is 0 Å². The van der Waals surface area contributed by atoms with Crippen LogP contribution in [-0.4, -0.2) is 43.0 Å². The first-order valence-corrected chi connectivity index (χ1v) is 5.68. The van der Waals surface area contributed by atoms with Crippen molar-refractivity contribution in [2.45, 2.75) is 18.9 Å². The van der Waals surface area contributed by atoms with Crippen LogP contribution in [0.1, 0.15) is 23.2 Å². The Labute approximate surface area is 101 Å². The van der Waals surface area contributed by atoms with Gasteiger partial charge in [-0.05, 0) is 18.9 Å². The zero-order valence-corrected chi connectivity index (χ0v) is 10.4. The van der Waals surface area contributed by atoms with Gasteiger partial charge in [-0.1, -0.05) is 0 Å². The van der Waals surface area contributed by atoms with Crippen LogP contribution in [0.2, 0.25) is 0 Å². The lowest BCUT2D eigenvalue weighted by Gasteiger charge is -2.16. The highest BCUT2D eigenvalue weighted by atomic mass is 16.5. The molecule has 1 saturated carbocycles. The molecule has 1 aromatic rings. The second kappa shape index (κ2) is 4.61. The third-order valence-corrected chi connectivity index (χ3v) is 2.59. The molecule has 92 valence electrons. The first-order chi connectivity index (χ1) is 8.13. The van der Waals surface area contributed by atoms with Gasteiger partial charge in [-0.15, -0.1) is 0 Å². The molecule has 1 amide bonds. The molecule has 1 aliphatic rings. The number of nitrogens with one attached hydrogen (secondary N) is 1. The van der Waals surface area contributed by atoms with E-state index in [1.807, 2.05) is 0 Å². The summed E-state index contributed by atoms with van der Waals surface area (Å²) in [5.41, 5.74) is 0.557. The van der Waals surface area contributed by atoms with Crippen molar-refractivity contribution >= 4 is 11.7 Å². The number of rotatable bonds is 4. The lowest BCUT2D eigenvalue weighted by Crippen LogP contribution is -2.23. The highest BCUT2D eigenvalue weighted by Gasteiger charge is 2.28. The fraction of sp³-hybridized carbons (Fsp3) is 0.500. The molecule has 0 atom stereocenters. The topological polar surface area (TPSA) is 54.5 Å². The Balaban J connectivity index is 2.37. The zero-order chi connectivity index (χ0) is 12.4. The van der Waals surface area contributed by atoms with Gasteiger partial charge in [0.05, 0.1) is 11.7 Å². The molecule has 0 spiro atoms. The summed E-state index contributed by atoms with van der Waals surface area (Å²) in [5, 5.41) is 2.96. The molecule has 0 saturated heterocycles. The summed E-state index contributed by atoms with van der Waals surface area (Å²) in [4.78, 5) is 17.7. The second-order valence-corrected chi connectivity index (χ2v) is 4.30. The zero-order valence-electron chi connectivity index (χ0n) is 10.4. The molecule has 5 nitrogen and oxygen atoms in total. The smallest absolute Gasteiger partial charge is 0.257 e. The second-order valence-electron chi connectivity index (χ2n) is 4.30. The Morgan fingerprint density at radius 3 is 2.76 bits per heavy atom. The van der Waals surface area contributed by atoms with E-state index in [2.05, 4.69) is 10.3 Å². The molecule has 0 aliphatic heterocycles. The van der Waals surface area contributed by atoms with Crippen molar-refractivity contribution in [1.82, 2.24) is 9.88 Å². The van der Waals surface area contributed by atoms with Crippen molar-refractivity contribution in [3.8, 4) is 5.75 Å². The molecule has 1 heterocycles. The highest BCUT2D eigenvalue weighted by molar-refractivity contribution is 5.98. The first kappa shape index (κ1) is 11.7. The van der Waals surface area contributed by atoms with Crippen LogP contribution in [0.15, 0.2) is 12.3 Å². The summed E-state index contributed by atoms with van der Waals surface area (Å²) >= 11 is 0. The van der Waals surface area contributed by atoms with E-state index in [4.69, 9.17) is 4.74 Å². The maximum Gasteiger partial charge on any atom is 0.257 e. The summed E-state index contributed by atoms with van der Waals surface area (Å²) in [7, 11) is 5.22. The maximum absolute atomic E-state index is 12.0. The van der Waals surface area contributed by atoms with Crippen molar-refractivity contribution in [2.24, 2.45) is 0 Å². The van der Waals surface area contributed by atoms with Gasteiger partial charge < -0.3 is 15.0 Å². The quantitative estimate of drug-likeness (QED) is 0.856. The third kappa shape index (κ3) is 2.49. The van der Waals surface area contributed by atoms with E-state index in [1.54, 1.807) is 33.4 Å². The molecule has 1 fully saturated rings. The van der Waals surface area contributed by atoms with E-state index in [-0.39, 0.29) is 12.0 Å². The van der Waals surface area contributed by atoms with E-state index < -0.39 is 0 Å². The van der Waals surface area contributed by atoms with Gasteiger partial charge in [-0.3, -0.25) is 4.79 Å². The fourth-order valence-corrected chi connectivity index (χ4v) is 1.51. The Hall–Kier alpha value is -1.78. The average molecular weight is 235 g/mol. The minimum absolute atomic E-state index is 0.0699. The van der Waals surface area contributed by atoms with Gasteiger partial charge in [0, 0.05) is 27.3 Å². The third-order valence-electron chi connectivity index (χ3n) is 2.59. The molecule has 5 heteroatoms. The molecule has 0 radical (unpaired) electrons. The lowest BCUT2D eigenvalue weighted by atomic mass is 10.2. The molecule has 1 N–H and O–H groups in total. The van der Waals surface area contributed by atoms with Crippen molar-refractivity contribution in [3.63, 3.8) is 0 Å². The van der Waals surface area contributed by atoms with E-state index in [0.29, 0.717) is 17.1 Å². The predicted molar refractivity (Wildman–Crippen MR) is 65.5 cm³/mol. The van der Waals surface area contributed by atoms with Gasteiger partial charge >= 0.3 is 0 Å². The predicted octanol–water partition coefficient (Wildman–Crippen LogP) is 1.37. The number of nitrogens with zero attached hydrogens (tertiary/aromatic N) is 2. The number of carbonyl (C=O) groups excluding carboxylic acids is 1. The molecule has 0 aromatic carbocycles. The van der Waals surface area contributed by atoms with Crippen LogP contribution in [-0.2, 0) is 0 Å². The van der Waals surface area contributed by atoms with Crippen molar-refractivity contribution in [1.29, 1.82) is 0 Å². The van der Waals surface area contributed by atoms with Gasteiger partial charge in [-0.2, -0.15) is 0 Å². The van der Waals surface area contributed by atoms with Crippen LogP contribution in [0.3, 0.4) is 0 Å². The summed E-state index contributed by atoms with van der Waals surface area (Å²) in [5.74, 6) is 1.11. The number of carbonyl (C=O) groups is 1. The summed E-state index contributed by atoms with van der Waals surface area (Å²) in [6.45, 7) is 0. The number of anilines is 1. The summed E-state index contributed by atoms with van der Waals surface area (Å²) in [6, 6.07) is 1.70. The summed E-state index contributed by atoms with van der Waals surface area (Å²) < 4.78 is 5.78. The standard InChI is InChI=1S/C12H17N3O2/c1-13-11-10(17-8-4-5-8)9(6-7-14-11)12(16)15(2)3/h6-8H,4-5H2,1-3H3,(H,13,14). The number of hydrogen-bond acceptors (Lipinski definition) is 4. The van der Waals surface area contributed by atoms with Crippen LogP contribution >= 0.6 is 0 Å². The Morgan fingerprint density at radius 1 is 1.53 bits per heavy atom. The van der Waals surface area contributed by atoms with Crippen molar-refractivity contribution in [3.05, 3.63) is 17.8 Å². The first-order valence-electron chi connectivity index (χ1n) is 5.68. The lowest BCUT2D eigenvalue weighted by molar-refractivity contribution is 0.0823. The molecular weight excluding hydrogens is 218 g/mol. The van der Waals surface area contributed by atoms with Gasteiger partial charge in [0.1, 0.15) is 0 Å². The van der Waals surface area contributed by atoms with E-state index in [1.165, 1.54) is 4.90 Å². The van der Waals surface area contributed by atoms with Crippen LogP contribution < -0.4 is 10.1 Å². The normalized spacial score (nSPS) is 14.3. The number of ether oxygens (including phenoxy) is 1. The summed E-state index contributed by atoms with van der Waals surface area (Å²) in [6.07, 6.45) is 3.95. The van der Waals surface area contributed by atoms with Gasteiger partial charge in [0.25, 0.3) is 5.91 Å². The molecule has 1 aromatic heterocycles. The average Bonchev–Trinajstić information content (AvgIpc) is 3.12.